The number of nitrogens with one attached hydrogen (secondary N) is 1. The molecule has 0 saturated carbocycles. The van der Waals surface area contributed by atoms with Gasteiger partial charge in [0.05, 0.1) is 19.0 Å². The third kappa shape index (κ3) is 1.68. The normalized spacial score (nSPS) is 9.40. The minimum absolute atomic E-state index is 0.824. The average Bonchev–Trinajstić information content (AvgIpc) is 1.94. The van der Waals surface area contributed by atoms with Crippen LogP contribution in [-0.4, -0.2) is 12.1 Å². The van der Waals surface area contributed by atoms with Crippen LogP contribution in [0.15, 0.2) is 22.9 Å². The molecule has 0 aliphatic rings. The first-order chi connectivity index (χ1) is 4.84. The van der Waals surface area contributed by atoms with Crippen LogP contribution < -0.4 is 5.48 Å². The number of rotatable bonds is 2. The maximum Gasteiger partial charge on any atom is 0.0929 e. The summed E-state index contributed by atoms with van der Waals surface area (Å²) in [5.41, 5.74) is 3.49. The van der Waals surface area contributed by atoms with Crippen LogP contribution in [0.3, 0.4) is 0 Å². The molecule has 10 heavy (non-hydrogen) atoms. The summed E-state index contributed by atoms with van der Waals surface area (Å²) in [6.45, 7) is 0. The number of anilines is 1. The van der Waals surface area contributed by atoms with Crippen molar-refractivity contribution in [1.29, 1.82) is 0 Å². The van der Waals surface area contributed by atoms with Gasteiger partial charge in [0, 0.05) is 10.7 Å². The van der Waals surface area contributed by atoms with E-state index < -0.39 is 0 Å². The topological polar surface area (TPSA) is 34.1 Å². The number of nitrogens with zero attached hydrogens (tertiary/aromatic N) is 1. The molecule has 0 amide bonds. The van der Waals surface area contributed by atoms with Crippen molar-refractivity contribution in [3.05, 3.63) is 22.9 Å². The molecule has 0 spiro atoms. The summed E-state index contributed by atoms with van der Waals surface area (Å²) >= 11 is 3.31. The first kappa shape index (κ1) is 7.50. The second-order valence-corrected chi connectivity index (χ2v) is 2.52. The Labute approximate surface area is 67.5 Å². The number of pyridine rings is 1. The largest absolute Gasteiger partial charge is 0.279 e. The zero-order valence-electron chi connectivity index (χ0n) is 5.47. The van der Waals surface area contributed by atoms with Gasteiger partial charge in [-0.05, 0) is 22.0 Å². The van der Waals surface area contributed by atoms with Crippen molar-refractivity contribution in [2.75, 3.05) is 12.6 Å². The lowest BCUT2D eigenvalue weighted by Gasteiger charge is -2.02. The van der Waals surface area contributed by atoms with Crippen molar-refractivity contribution in [2.24, 2.45) is 0 Å². The molecule has 0 aliphatic carbocycles. The second-order valence-electron chi connectivity index (χ2n) is 1.66. The Balaban J connectivity index is 2.81. The smallest absolute Gasteiger partial charge is 0.0929 e. The SMILES string of the molecule is CONc1cnccc1Br. The molecule has 0 aromatic carbocycles. The molecule has 0 radical (unpaired) electrons. The lowest BCUT2D eigenvalue weighted by Crippen LogP contribution is -1.96. The van der Waals surface area contributed by atoms with Crippen molar-refractivity contribution in [2.45, 2.75) is 0 Å². The van der Waals surface area contributed by atoms with Crippen molar-refractivity contribution in [3.63, 3.8) is 0 Å². The van der Waals surface area contributed by atoms with Crippen LogP contribution in [0.25, 0.3) is 0 Å². The molecule has 0 atom stereocenters. The summed E-state index contributed by atoms with van der Waals surface area (Å²) in [5.74, 6) is 0. The van der Waals surface area contributed by atoms with E-state index in [1.807, 2.05) is 6.07 Å². The lowest BCUT2D eigenvalue weighted by atomic mass is 10.4. The molecule has 1 heterocycles. The van der Waals surface area contributed by atoms with E-state index in [2.05, 4.69) is 31.2 Å². The Morgan fingerprint density at radius 2 is 2.50 bits per heavy atom. The zero-order valence-corrected chi connectivity index (χ0v) is 7.05. The molecule has 1 rings (SSSR count). The highest BCUT2D eigenvalue weighted by Crippen LogP contribution is 2.19. The molecular weight excluding hydrogens is 196 g/mol. The summed E-state index contributed by atoms with van der Waals surface area (Å²) in [7, 11) is 1.56. The minimum atomic E-state index is 0.824. The molecule has 3 nitrogen and oxygen atoms in total. The standard InChI is InChI=1S/C6H7BrN2O/c1-10-9-6-4-8-3-2-5(6)7/h2-4,9H,1H3. The first-order valence-corrected chi connectivity index (χ1v) is 3.52. The molecule has 1 aromatic rings. The Kier molecular flexibility index (Phi) is 2.65. The van der Waals surface area contributed by atoms with Gasteiger partial charge in [0.1, 0.15) is 0 Å². The van der Waals surface area contributed by atoms with Gasteiger partial charge in [0.2, 0.25) is 0 Å². The number of halogens is 1. The summed E-state index contributed by atoms with van der Waals surface area (Å²) in [6, 6.07) is 1.83. The van der Waals surface area contributed by atoms with E-state index in [1.165, 1.54) is 0 Å². The fourth-order valence-corrected chi connectivity index (χ4v) is 0.864. The molecule has 4 heteroatoms. The van der Waals surface area contributed by atoms with Gasteiger partial charge in [0.15, 0.2) is 0 Å². The quantitative estimate of drug-likeness (QED) is 0.744. The van der Waals surface area contributed by atoms with Crippen LogP contribution in [0.5, 0.6) is 0 Å². The van der Waals surface area contributed by atoms with Crippen LogP contribution in [0.4, 0.5) is 5.69 Å². The zero-order chi connectivity index (χ0) is 7.40. The highest BCUT2D eigenvalue weighted by atomic mass is 79.9. The molecule has 0 bridgehead atoms. The number of aromatic nitrogens is 1. The highest BCUT2D eigenvalue weighted by molar-refractivity contribution is 9.10. The maximum atomic E-state index is 4.69. The fourth-order valence-electron chi connectivity index (χ4n) is 0.563. The molecule has 0 unspecified atom stereocenters. The monoisotopic (exact) mass is 202 g/mol. The summed E-state index contributed by atoms with van der Waals surface area (Å²) in [5, 5.41) is 0. The van der Waals surface area contributed by atoms with Gasteiger partial charge < -0.3 is 0 Å². The van der Waals surface area contributed by atoms with E-state index in [0.29, 0.717) is 0 Å². The van der Waals surface area contributed by atoms with Crippen molar-refractivity contribution in [1.82, 2.24) is 4.98 Å². The van der Waals surface area contributed by atoms with Crippen LogP contribution in [0.1, 0.15) is 0 Å². The second kappa shape index (κ2) is 3.53. The van der Waals surface area contributed by atoms with E-state index in [9.17, 15) is 0 Å². The van der Waals surface area contributed by atoms with Gasteiger partial charge in [-0.2, -0.15) is 0 Å². The van der Waals surface area contributed by atoms with E-state index >= 15 is 0 Å². The van der Waals surface area contributed by atoms with E-state index in [1.54, 1.807) is 19.5 Å². The summed E-state index contributed by atoms with van der Waals surface area (Å²) in [4.78, 5) is 8.58. The predicted molar refractivity (Wildman–Crippen MR) is 42.6 cm³/mol. The predicted octanol–water partition coefficient (Wildman–Crippen LogP) is 1.82. The van der Waals surface area contributed by atoms with Crippen molar-refractivity contribution in [3.8, 4) is 0 Å². The van der Waals surface area contributed by atoms with Crippen LogP contribution in [0.2, 0.25) is 0 Å². The fraction of sp³-hybridized carbons (Fsp3) is 0.167. The van der Waals surface area contributed by atoms with Gasteiger partial charge in [-0.1, -0.05) is 0 Å². The van der Waals surface area contributed by atoms with Crippen molar-refractivity contribution >= 4 is 21.6 Å². The Hall–Kier alpha value is -0.610. The molecule has 0 saturated heterocycles. The van der Waals surface area contributed by atoms with E-state index in [-0.39, 0.29) is 0 Å². The first-order valence-electron chi connectivity index (χ1n) is 2.73. The van der Waals surface area contributed by atoms with Gasteiger partial charge in [-0.3, -0.25) is 15.3 Å². The Morgan fingerprint density at radius 3 is 3.10 bits per heavy atom. The highest BCUT2D eigenvalue weighted by Gasteiger charge is 1.94. The van der Waals surface area contributed by atoms with Gasteiger partial charge in [-0.15, -0.1) is 0 Å². The Morgan fingerprint density at radius 1 is 1.70 bits per heavy atom. The van der Waals surface area contributed by atoms with E-state index in [4.69, 9.17) is 0 Å². The molecular formula is C6H7BrN2O. The summed E-state index contributed by atoms with van der Waals surface area (Å²) < 4.78 is 0.935. The van der Waals surface area contributed by atoms with Gasteiger partial charge >= 0.3 is 0 Å². The molecule has 1 N–H and O–H groups in total. The summed E-state index contributed by atoms with van der Waals surface area (Å²) in [6.07, 6.45) is 3.37. The lowest BCUT2D eigenvalue weighted by molar-refractivity contribution is 0.270. The van der Waals surface area contributed by atoms with Gasteiger partial charge in [0.25, 0.3) is 0 Å². The maximum absolute atomic E-state index is 4.69. The van der Waals surface area contributed by atoms with Crippen LogP contribution in [-0.2, 0) is 4.84 Å². The Bertz CT molecular complexity index is 217. The van der Waals surface area contributed by atoms with Gasteiger partial charge in [-0.25, -0.2) is 0 Å². The number of hydrogen-bond donors (Lipinski definition) is 1. The molecule has 1 aromatic heterocycles. The van der Waals surface area contributed by atoms with E-state index in [0.717, 1.165) is 10.2 Å². The van der Waals surface area contributed by atoms with Crippen LogP contribution >= 0.6 is 15.9 Å². The molecule has 0 aliphatic heterocycles. The average molecular weight is 203 g/mol. The van der Waals surface area contributed by atoms with Crippen molar-refractivity contribution < 1.29 is 4.84 Å². The number of hydrogen-bond acceptors (Lipinski definition) is 3. The third-order valence-electron chi connectivity index (χ3n) is 0.980. The minimum Gasteiger partial charge on any atom is -0.279 e. The third-order valence-corrected chi connectivity index (χ3v) is 1.67. The van der Waals surface area contributed by atoms with Crippen LogP contribution in [0, 0.1) is 0 Å². The molecule has 0 fully saturated rings. The molecule has 54 valence electrons.